The first-order valence-electron chi connectivity index (χ1n) is 5.69. The summed E-state index contributed by atoms with van der Waals surface area (Å²) in [4.78, 5) is 11.3. The normalized spacial score (nSPS) is 10.8. The summed E-state index contributed by atoms with van der Waals surface area (Å²) < 4.78 is 7.08. The zero-order chi connectivity index (χ0) is 13.3. The maximum Gasteiger partial charge on any atom is 0.339 e. The van der Waals surface area contributed by atoms with E-state index < -0.39 is 5.97 Å². The van der Waals surface area contributed by atoms with Gasteiger partial charge in [-0.3, -0.25) is 0 Å². The first-order chi connectivity index (χ1) is 8.61. The van der Waals surface area contributed by atoms with Gasteiger partial charge in [0.2, 0.25) is 0 Å². The van der Waals surface area contributed by atoms with Crippen molar-refractivity contribution in [3.63, 3.8) is 0 Å². The standard InChI is InChI=1S/C13H14ClNO3/c1-3-7-15-11-8(5-4-6-9(11)18-2)10(12(15)14)13(16)17/h4-6H,3,7H2,1-2H3,(H,16,17). The van der Waals surface area contributed by atoms with Crippen LogP contribution in [0.1, 0.15) is 23.7 Å². The van der Waals surface area contributed by atoms with Crippen molar-refractivity contribution in [2.45, 2.75) is 19.9 Å². The van der Waals surface area contributed by atoms with Gasteiger partial charge < -0.3 is 14.4 Å². The van der Waals surface area contributed by atoms with E-state index in [-0.39, 0.29) is 10.7 Å². The van der Waals surface area contributed by atoms with Gasteiger partial charge in [0, 0.05) is 11.9 Å². The highest BCUT2D eigenvalue weighted by Gasteiger charge is 2.22. The Balaban J connectivity index is 2.87. The number of rotatable bonds is 4. The molecule has 0 aliphatic carbocycles. The molecule has 2 rings (SSSR count). The summed E-state index contributed by atoms with van der Waals surface area (Å²) in [6, 6.07) is 5.32. The number of ether oxygens (including phenoxy) is 1. The molecule has 0 saturated heterocycles. The van der Waals surface area contributed by atoms with Crippen molar-refractivity contribution >= 4 is 28.5 Å². The molecule has 1 aromatic carbocycles. The molecule has 2 aromatic rings. The van der Waals surface area contributed by atoms with E-state index in [2.05, 4.69) is 0 Å². The van der Waals surface area contributed by atoms with Crippen LogP contribution in [0.5, 0.6) is 5.75 Å². The number of halogens is 1. The molecule has 0 atom stereocenters. The Morgan fingerprint density at radius 1 is 1.50 bits per heavy atom. The number of aromatic nitrogens is 1. The number of fused-ring (bicyclic) bond motifs is 1. The number of methoxy groups -OCH3 is 1. The van der Waals surface area contributed by atoms with Crippen molar-refractivity contribution in [2.75, 3.05) is 7.11 Å². The van der Waals surface area contributed by atoms with Crippen LogP contribution in [0.15, 0.2) is 18.2 Å². The first-order valence-corrected chi connectivity index (χ1v) is 6.07. The van der Waals surface area contributed by atoms with Crippen molar-refractivity contribution in [1.29, 1.82) is 0 Å². The van der Waals surface area contributed by atoms with Crippen LogP contribution < -0.4 is 4.74 Å². The Kier molecular flexibility index (Phi) is 3.48. The minimum absolute atomic E-state index is 0.138. The zero-order valence-corrected chi connectivity index (χ0v) is 11.0. The van der Waals surface area contributed by atoms with Crippen LogP contribution in [0.2, 0.25) is 5.15 Å². The zero-order valence-electron chi connectivity index (χ0n) is 10.2. The fraction of sp³-hybridized carbons (Fsp3) is 0.308. The number of benzene rings is 1. The van der Waals surface area contributed by atoms with E-state index in [4.69, 9.17) is 16.3 Å². The summed E-state index contributed by atoms with van der Waals surface area (Å²) in [5.41, 5.74) is 0.878. The minimum atomic E-state index is -1.02. The van der Waals surface area contributed by atoms with E-state index in [1.807, 2.05) is 6.92 Å². The Morgan fingerprint density at radius 2 is 2.22 bits per heavy atom. The molecule has 0 fully saturated rings. The van der Waals surface area contributed by atoms with E-state index in [1.54, 1.807) is 29.9 Å². The predicted octanol–water partition coefficient (Wildman–Crippen LogP) is 3.41. The second-order valence-corrected chi connectivity index (χ2v) is 4.34. The summed E-state index contributed by atoms with van der Waals surface area (Å²) in [6.07, 6.45) is 0.862. The van der Waals surface area contributed by atoms with Crippen molar-refractivity contribution in [1.82, 2.24) is 4.57 Å². The third-order valence-corrected chi connectivity index (χ3v) is 3.26. The summed E-state index contributed by atoms with van der Waals surface area (Å²) >= 11 is 6.18. The molecular weight excluding hydrogens is 254 g/mol. The van der Waals surface area contributed by atoms with Gasteiger partial charge in [0.15, 0.2) is 0 Å². The number of nitrogens with zero attached hydrogens (tertiary/aromatic N) is 1. The first kappa shape index (κ1) is 12.8. The van der Waals surface area contributed by atoms with Crippen molar-refractivity contribution in [3.8, 4) is 5.75 Å². The molecule has 0 aliphatic rings. The maximum absolute atomic E-state index is 11.3. The summed E-state index contributed by atoms with van der Waals surface area (Å²) in [7, 11) is 1.56. The number of para-hydroxylation sites is 1. The molecule has 1 N–H and O–H groups in total. The van der Waals surface area contributed by atoms with Crippen LogP contribution in [-0.4, -0.2) is 22.8 Å². The average Bonchev–Trinajstić information content (AvgIpc) is 2.63. The Morgan fingerprint density at radius 3 is 2.78 bits per heavy atom. The molecule has 1 aromatic heterocycles. The lowest BCUT2D eigenvalue weighted by Gasteiger charge is -2.08. The molecular formula is C13H14ClNO3. The van der Waals surface area contributed by atoms with E-state index in [0.29, 0.717) is 17.7 Å². The topological polar surface area (TPSA) is 51.5 Å². The highest BCUT2D eigenvalue weighted by molar-refractivity contribution is 6.35. The van der Waals surface area contributed by atoms with Crippen LogP contribution in [0.4, 0.5) is 0 Å². The van der Waals surface area contributed by atoms with E-state index in [1.165, 1.54) is 0 Å². The number of aromatic carboxylic acids is 1. The summed E-state index contributed by atoms with van der Waals surface area (Å²) in [5, 5.41) is 10.1. The predicted molar refractivity (Wildman–Crippen MR) is 70.8 cm³/mol. The van der Waals surface area contributed by atoms with Gasteiger partial charge in [-0.15, -0.1) is 0 Å². The molecule has 0 unspecified atom stereocenters. The molecule has 0 radical (unpaired) electrons. The second kappa shape index (κ2) is 4.90. The number of aryl methyl sites for hydroxylation is 1. The number of hydrogen-bond acceptors (Lipinski definition) is 2. The number of carbonyl (C=O) groups is 1. The third-order valence-electron chi connectivity index (χ3n) is 2.86. The number of carboxylic acid groups (broad SMARTS) is 1. The lowest BCUT2D eigenvalue weighted by Crippen LogP contribution is -2.00. The van der Waals surface area contributed by atoms with Crippen LogP contribution in [0, 0.1) is 0 Å². The van der Waals surface area contributed by atoms with Gasteiger partial charge in [-0.1, -0.05) is 30.7 Å². The molecule has 5 heteroatoms. The van der Waals surface area contributed by atoms with Crippen molar-refractivity contribution in [2.24, 2.45) is 0 Å². The van der Waals surface area contributed by atoms with Gasteiger partial charge in [-0.05, 0) is 12.5 Å². The molecule has 1 heterocycles. The number of carboxylic acids is 1. The summed E-state index contributed by atoms with van der Waals surface area (Å²) in [5.74, 6) is -0.386. The highest BCUT2D eigenvalue weighted by atomic mass is 35.5. The van der Waals surface area contributed by atoms with Gasteiger partial charge in [-0.2, -0.15) is 0 Å². The fourth-order valence-corrected chi connectivity index (χ4v) is 2.50. The van der Waals surface area contributed by atoms with Crippen molar-refractivity contribution < 1.29 is 14.6 Å². The smallest absolute Gasteiger partial charge is 0.339 e. The van der Waals surface area contributed by atoms with Gasteiger partial charge >= 0.3 is 5.97 Å². The molecule has 0 amide bonds. The number of hydrogen-bond donors (Lipinski definition) is 1. The second-order valence-electron chi connectivity index (χ2n) is 3.98. The van der Waals surface area contributed by atoms with E-state index in [0.717, 1.165) is 11.9 Å². The highest BCUT2D eigenvalue weighted by Crippen LogP contribution is 2.35. The van der Waals surface area contributed by atoms with Gasteiger partial charge in [0.05, 0.1) is 12.6 Å². The van der Waals surface area contributed by atoms with Crippen LogP contribution in [0.3, 0.4) is 0 Å². The molecule has 4 nitrogen and oxygen atoms in total. The monoisotopic (exact) mass is 267 g/mol. The summed E-state index contributed by atoms with van der Waals surface area (Å²) in [6.45, 7) is 2.67. The van der Waals surface area contributed by atoms with Crippen LogP contribution in [-0.2, 0) is 6.54 Å². The molecule has 96 valence electrons. The maximum atomic E-state index is 11.3. The Hall–Kier alpha value is -1.68. The third kappa shape index (κ3) is 1.82. The molecule has 0 saturated carbocycles. The lowest BCUT2D eigenvalue weighted by molar-refractivity contribution is 0.0699. The average molecular weight is 268 g/mol. The van der Waals surface area contributed by atoms with E-state index >= 15 is 0 Å². The van der Waals surface area contributed by atoms with Crippen LogP contribution >= 0.6 is 11.6 Å². The molecule has 0 spiro atoms. The largest absolute Gasteiger partial charge is 0.495 e. The minimum Gasteiger partial charge on any atom is -0.495 e. The van der Waals surface area contributed by atoms with Gasteiger partial charge in [-0.25, -0.2) is 4.79 Å². The Bertz CT molecular complexity index is 604. The Labute approximate surface area is 110 Å². The quantitative estimate of drug-likeness (QED) is 0.923. The van der Waals surface area contributed by atoms with Crippen LogP contribution in [0.25, 0.3) is 10.9 Å². The van der Waals surface area contributed by atoms with Gasteiger partial charge in [0.1, 0.15) is 16.5 Å². The molecule has 0 bridgehead atoms. The SMILES string of the molecule is CCCn1c(Cl)c(C(=O)O)c2cccc(OC)c21. The van der Waals surface area contributed by atoms with E-state index in [9.17, 15) is 9.90 Å². The molecule has 0 aliphatic heterocycles. The molecule has 18 heavy (non-hydrogen) atoms. The van der Waals surface area contributed by atoms with Crippen molar-refractivity contribution in [3.05, 3.63) is 28.9 Å². The van der Waals surface area contributed by atoms with Gasteiger partial charge in [0.25, 0.3) is 0 Å². The fourth-order valence-electron chi connectivity index (χ4n) is 2.15. The lowest BCUT2D eigenvalue weighted by atomic mass is 10.1.